The number of alkyl halides is 1. The summed E-state index contributed by atoms with van der Waals surface area (Å²) in [4.78, 5) is 4.27. The number of ether oxygens (including phenoxy) is 1. The van der Waals surface area contributed by atoms with E-state index in [4.69, 9.17) is 16.3 Å². The van der Waals surface area contributed by atoms with E-state index in [0.29, 0.717) is 17.9 Å². The zero-order valence-corrected chi connectivity index (χ0v) is 10.4. The second kappa shape index (κ2) is 5.53. The van der Waals surface area contributed by atoms with Crippen LogP contribution in [-0.2, 0) is 5.88 Å². The van der Waals surface area contributed by atoms with Gasteiger partial charge < -0.3 is 4.74 Å². The van der Waals surface area contributed by atoms with Crippen molar-refractivity contribution in [1.82, 2.24) is 4.98 Å². The van der Waals surface area contributed by atoms with Crippen LogP contribution in [0.3, 0.4) is 0 Å². The van der Waals surface area contributed by atoms with Gasteiger partial charge in [0.2, 0.25) is 5.88 Å². The molecule has 3 heteroatoms. The van der Waals surface area contributed by atoms with Crippen LogP contribution in [-0.4, -0.2) is 11.1 Å². The van der Waals surface area contributed by atoms with Crippen LogP contribution in [0.4, 0.5) is 0 Å². The van der Waals surface area contributed by atoms with Crippen LogP contribution in [0.15, 0.2) is 18.3 Å². The van der Waals surface area contributed by atoms with Gasteiger partial charge in [-0.25, -0.2) is 4.98 Å². The monoisotopic (exact) mass is 239 g/mol. The zero-order valence-electron chi connectivity index (χ0n) is 9.66. The van der Waals surface area contributed by atoms with E-state index in [2.05, 4.69) is 11.9 Å². The number of hydrogen-bond donors (Lipinski definition) is 0. The Morgan fingerprint density at radius 2 is 2.25 bits per heavy atom. The summed E-state index contributed by atoms with van der Waals surface area (Å²) in [6, 6.07) is 3.87. The van der Waals surface area contributed by atoms with Gasteiger partial charge in [-0.15, -0.1) is 11.6 Å². The van der Waals surface area contributed by atoms with Gasteiger partial charge >= 0.3 is 0 Å². The molecular formula is C13H18ClNO. The van der Waals surface area contributed by atoms with Crippen molar-refractivity contribution in [3.05, 3.63) is 23.9 Å². The zero-order chi connectivity index (χ0) is 11.4. The van der Waals surface area contributed by atoms with Gasteiger partial charge in [0.05, 0.1) is 5.88 Å². The molecule has 1 aliphatic rings. The molecule has 2 atom stereocenters. The third kappa shape index (κ3) is 2.67. The molecule has 1 aromatic heterocycles. The van der Waals surface area contributed by atoms with Crippen LogP contribution >= 0.6 is 11.6 Å². The summed E-state index contributed by atoms with van der Waals surface area (Å²) in [7, 11) is 0. The maximum absolute atomic E-state index is 5.99. The van der Waals surface area contributed by atoms with Gasteiger partial charge in [-0.2, -0.15) is 0 Å². The molecular weight excluding hydrogens is 222 g/mol. The first-order valence-electron chi connectivity index (χ1n) is 5.97. The highest BCUT2D eigenvalue weighted by Gasteiger charge is 2.23. The van der Waals surface area contributed by atoms with Crippen LogP contribution in [0.2, 0.25) is 0 Å². The Morgan fingerprint density at radius 1 is 1.44 bits per heavy atom. The van der Waals surface area contributed by atoms with Crippen molar-refractivity contribution in [3.63, 3.8) is 0 Å². The predicted molar refractivity (Wildman–Crippen MR) is 65.8 cm³/mol. The minimum atomic E-state index is 0.311. The van der Waals surface area contributed by atoms with Crippen molar-refractivity contribution >= 4 is 11.6 Å². The van der Waals surface area contributed by atoms with E-state index in [-0.39, 0.29) is 0 Å². The van der Waals surface area contributed by atoms with Crippen molar-refractivity contribution in [2.45, 2.75) is 44.6 Å². The molecule has 2 unspecified atom stereocenters. The average Bonchev–Trinajstić information content (AvgIpc) is 2.33. The van der Waals surface area contributed by atoms with Crippen LogP contribution < -0.4 is 4.74 Å². The molecule has 0 aromatic carbocycles. The van der Waals surface area contributed by atoms with Crippen molar-refractivity contribution in [3.8, 4) is 5.88 Å². The van der Waals surface area contributed by atoms with E-state index in [9.17, 15) is 0 Å². The maximum Gasteiger partial charge on any atom is 0.218 e. The van der Waals surface area contributed by atoms with Gasteiger partial charge in [0.25, 0.3) is 0 Å². The lowest BCUT2D eigenvalue weighted by atomic mass is 9.88. The Kier molecular flexibility index (Phi) is 4.05. The molecule has 88 valence electrons. The summed E-state index contributed by atoms with van der Waals surface area (Å²) < 4.78 is 5.99. The van der Waals surface area contributed by atoms with E-state index < -0.39 is 0 Å². The topological polar surface area (TPSA) is 22.1 Å². The summed E-state index contributed by atoms with van der Waals surface area (Å²) in [5.41, 5.74) is 0.988. The molecule has 0 saturated heterocycles. The lowest BCUT2D eigenvalue weighted by Gasteiger charge is -2.29. The highest BCUT2D eigenvalue weighted by Crippen LogP contribution is 2.28. The Balaban J connectivity index is 2.07. The minimum absolute atomic E-state index is 0.311. The Labute approximate surface area is 102 Å². The Hall–Kier alpha value is -0.760. The number of halogens is 1. The molecule has 1 saturated carbocycles. The smallest absolute Gasteiger partial charge is 0.218 e. The molecule has 1 aliphatic carbocycles. The quantitative estimate of drug-likeness (QED) is 0.749. The second-order valence-corrected chi connectivity index (χ2v) is 4.79. The fourth-order valence-electron chi connectivity index (χ4n) is 2.23. The Morgan fingerprint density at radius 3 is 3.00 bits per heavy atom. The predicted octanol–water partition coefficient (Wildman–Crippen LogP) is 3.78. The third-order valence-electron chi connectivity index (χ3n) is 3.29. The number of nitrogens with zero attached hydrogens (tertiary/aromatic N) is 1. The first kappa shape index (κ1) is 11.7. The summed E-state index contributed by atoms with van der Waals surface area (Å²) in [5.74, 6) is 1.81. The first-order chi connectivity index (χ1) is 7.81. The maximum atomic E-state index is 5.99. The van der Waals surface area contributed by atoms with Gasteiger partial charge in [-0.05, 0) is 31.2 Å². The van der Waals surface area contributed by atoms with Crippen molar-refractivity contribution in [1.29, 1.82) is 0 Å². The summed E-state index contributed by atoms with van der Waals surface area (Å²) in [6.07, 6.45) is 7.06. The van der Waals surface area contributed by atoms with Gasteiger partial charge in [0.15, 0.2) is 0 Å². The standard InChI is InChI=1S/C13H18ClNO/c1-10-5-2-3-7-12(10)16-13-11(9-14)6-4-8-15-13/h4,6,8,10,12H,2-3,5,7,9H2,1H3. The lowest BCUT2D eigenvalue weighted by molar-refractivity contribution is 0.0967. The molecule has 0 radical (unpaired) electrons. The fourth-order valence-corrected chi connectivity index (χ4v) is 2.44. The Bertz CT molecular complexity index is 342. The van der Waals surface area contributed by atoms with E-state index in [1.165, 1.54) is 19.3 Å². The SMILES string of the molecule is CC1CCCCC1Oc1ncccc1CCl. The molecule has 2 rings (SSSR count). The highest BCUT2D eigenvalue weighted by atomic mass is 35.5. The van der Waals surface area contributed by atoms with Crippen LogP contribution in [0.25, 0.3) is 0 Å². The fraction of sp³-hybridized carbons (Fsp3) is 0.615. The number of rotatable bonds is 3. The largest absolute Gasteiger partial charge is 0.474 e. The van der Waals surface area contributed by atoms with Gasteiger partial charge in [-0.1, -0.05) is 19.4 Å². The molecule has 0 bridgehead atoms. The van der Waals surface area contributed by atoms with Gasteiger partial charge in [0.1, 0.15) is 6.10 Å². The molecule has 0 spiro atoms. The molecule has 1 heterocycles. The highest BCUT2D eigenvalue weighted by molar-refractivity contribution is 6.17. The van der Waals surface area contributed by atoms with Crippen LogP contribution in [0.5, 0.6) is 5.88 Å². The van der Waals surface area contributed by atoms with Crippen molar-refractivity contribution in [2.75, 3.05) is 0 Å². The van der Waals surface area contributed by atoms with E-state index in [0.717, 1.165) is 17.9 Å². The molecule has 16 heavy (non-hydrogen) atoms. The third-order valence-corrected chi connectivity index (χ3v) is 3.58. The van der Waals surface area contributed by atoms with Crippen molar-refractivity contribution < 1.29 is 4.74 Å². The minimum Gasteiger partial charge on any atom is -0.474 e. The van der Waals surface area contributed by atoms with E-state index >= 15 is 0 Å². The summed E-state index contributed by atoms with van der Waals surface area (Å²) in [5, 5.41) is 0. The number of hydrogen-bond acceptors (Lipinski definition) is 2. The van der Waals surface area contributed by atoms with Crippen LogP contribution in [0.1, 0.15) is 38.2 Å². The first-order valence-corrected chi connectivity index (χ1v) is 6.51. The normalized spacial score (nSPS) is 25.4. The summed E-state index contributed by atoms with van der Waals surface area (Å²) in [6.45, 7) is 2.26. The second-order valence-electron chi connectivity index (χ2n) is 4.52. The molecule has 2 nitrogen and oxygen atoms in total. The molecule has 0 N–H and O–H groups in total. The van der Waals surface area contributed by atoms with Gasteiger partial charge in [-0.3, -0.25) is 0 Å². The molecule has 0 aliphatic heterocycles. The van der Waals surface area contributed by atoms with E-state index in [1.807, 2.05) is 12.1 Å². The molecule has 1 fully saturated rings. The number of aromatic nitrogens is 1. The molecule has 0 amide bonds. The van der Waals surface area contributed by atoms with E-state index in [1.54, 1.807) is 6.20 Å². The van der Waals surface area contributed by atoms with Crippen LogP contribution in [0, 0.1) is 5.92 Å². The van der Waals surface area contributed by atoms with Gasteiger partial charge in [0, 0.05) is 11.8 Å². The summed E-state index contributed by atoms with van der Waals surface area (Å²) >= 11 is 5.87. The lowest BCUT2D eigenvalue weighted by Crippen LogP contribution is -2.28. The average molecular weight is 240 g/mol. The number of pyridine rings is 1. The van der Waals surface area contributed by atoms with Crippen molar-refractivity contribution in [2.24, 2.45) is 5.92 Å². The molecule has 1 aromatic rings.